The van der Waals surface area contributed by atoms with Crippen LogP contribution in [-0.2, 0) is 14.3 Å². The first-order valence-electron chi connectivity index (χ1n) is 5.51. The van der Waals surface area contributed by atoms with Crippen molar-refractivity contribution in [2.75, 3.05) is 12.4 Å². The van der Waals surface area contributed by atoms with Crippen molar-refractivity contribution in [3.8, 4) is 0 Å². The number of anilines is 1. The molecule has 0 saturated carbocycles. The van der Waals surface area contributed by atoms with Gasteiger partial charge in [0.25, 0.3) is 5.91 Å². The third kappa shape index (κ3) is 3.17. The van der Waals surface area contributed by atoms with Gasteiger partial charge in [0.1, 0.15) is 10.3 Å². The van der Waals surface area contributed by atoms with Crippen LogP contribution in [0.1, 0.15) is 16.8 Å². The van der Waals surface area contributed by atoms with Gasteiger partial charge in [-0.15, -0.1) is 11.3 Å². The lowest BCUT2D eigenvalue weighted by atomic mass is 10.2. The average Bonchev–Trinajstić information content (AvgIpc) is 2.96. The van der Waals surface area contributed by atoms with Crippen molar-refractivity contribution in [2.45, 2.75) is 11.7 Å². The van der Waals surface area contributed by atoms with Gasteiger partial charge in [0.2, 0.25) is 5.91 Å². The Morgan fingerprint density at radius 2 is 2.30 bits per heavy atom. The molecule has 106 valence electrons. The molecule has 0 bridgehead atoms. The van der Waals surface area contributed by atoms with Gasteiger partial charge < -0.3 is 15.8 Å². The van der Waals surface area contributed by atoms with E-state index in [1.807, 2.05) is 0 Å². The Morgan fingerprint density at radius 3 is 2.90 bits per heavy atom. The summed E-state index contributed by atoms with van der Waals surface area (Å²) in [6, 6.07) is 1.56. The van der Waals surface area contributed by atoms with Crippen molar-refractivity contribution in [1.82, 2.24) is 0 Å². The second-order valence-electron chi connectivity index (χ2n) is 3.80. The number of hydrogen-bond acceptors (Lipinski definition) is 7. The maximum Gasteiger partial charge on any atom is 0.340 e. The van der Waals surface area contributed by atoms with Crippen molar-refractivity contribution >= 4 is 51.1 Å². The number of carbonyl (C=O) groups excluding carboxylic acids is 3. The monoisotopic (exact) mass is 313 g/mol. The summed E-state index contributed by atoms with van der Waals surface area (Å²) >= 11 is 2.26. The smallest absolute Gasteiger partial charge is 0.340 e. The van der Waals surface area contributed by atoms with E-state index in [-0.39, 0.29) is 23.1 Å². The summed E-state index contributed by atoms with van der Waals surface area (Å²) in [6.07, 6.45) is -0.0494. The summed E-state index contributed by atoms with van der Waals surface area (Å²) in [4.78, 5) is 38.3. The topological polar surface area (TPSA) is 111 Å². The molecule has 1 aliphatic heterocycles. The zero-order chi connectivity index (χ0) is 14.7. The Balaban J connectivity index is 1.97. The fourth-order valence-corrected chi connectivity index (χ4v) is 3.17. The van der Waals surface area contributed by atoms with Gasteiger partial charge in [0, 0.05) is 6.42 Å². The number of aliphatic imine (C=N–C) groups is 1. The first-order chi connectivity index (χ1) is 9.51. The molecule has 1 atom stereocenters. The number of nitrogens with one attached hydrogen (secondary N) is 1. The molecule has 0 fully saturated rings. The first kappa shape index (κ1) is 14.5. The SMILES string of the molecule is COC(=O)c1ccsc1NC(=O)C[C@H]1SC(N)=NC1=O. The number of esters is 1. The zero-order valence-electron chi connectivity index (χ0n) is 10.4. The van der Waals surface area contributed by atoms with Crippen LogP contribution in [0, 0.1) is 0 Å². The highest BCUT2D eigenvalue weighted by molar-refractivity contribution is 8.15. The number of rotatable bonds is 4. The normalized spacial score (nSPS) is 17.8. The van der Waals surface area contributed by atoms with Crippen LogP contribution in [0.4, 0.5) is 5.00 Å². The highest BCUT2D eigenvalue weighted by Gasteiger charge is 2.29. The minimum absolute atomic E-state index is 0.0494. The lowest BCUT2D eigenvalue weighted by molar-refractivity contribution is -0.121. The Bertz CT molecular complexity index is 596. The summed E-state index contributed by atoms with van der Waals surface area (Å²) in [5.41, 5.74) is 5.69. The molecule has 2 heterocycles. The predicted molar refractivity (Wildman–Crippen MR) is 76.9 cm³/mol. The zero-order valence-corrected chi connectivity index (χ0v) is 12.0. The minimum atomic E-state index is -0.600. The van der Waals surface area contributed by atoms with E-state index in [2.05, 4.69) is 15.0 Å². The number of hydrogen-bond donors (Lipinski definition) is 2. The fraction of sp³-hybridized carbons (Fsp3) is 0.273. The van der Waals surface area contributed by atoms with Crippen LogP contribution in [0.3, 0.4) is 0 Å². The van der Waals surface area contributed by atoms with Gasteiger partial charge in [-0.25, -0.2) is 4.79 Å². The van der Waals surface area contributed by atoms with E-state index in [4.69, 9.17) is 5.73 Å². The third-order valence-electron chi connectivity index (χ3n) is 2.45. The number of amidine groups is 1. The van der Waals surface area contributed by atoms with Gasteiger partial charge in [-0.2, -0.15) is 4.99 Å². The molecular weight excluding hydrogens is 302 g/mol. The highest BCUT2D eigenvalue weighted by Crippen LogP contribution is 2.26. The van der Waals surface area contributed by atoms with E-state index >= 15 is 0 Å². The summed E-state index contributed by atoms with van der Waals surface area (Å²) in [7, 11) is 1.26. The molecule has 2 amide bonds. The second-order valence-corrected chi connectivity index (χ2v) is 5.94. The number of thioether (sulfide) groups is 1. The Hall–Kier alpha value is -1.87. The van der Waals surface area contributed by atoms with E-state index in [0.717, 1.165) is 11.8 Å². The number of amides is 2. The minimum Gasteiger partial charge on any atom is -0.465 e. The summed E-state index contributed by atoms with van der Waals surface area (Å²) in [5.74, 6) is -1.32. The van der Waals surface area contributed by atoms with E-state index < -0.39 is 17.1 Å². The molecule has 0 radical (unpaired) electrons. The molecule has 2 rings (SSSR count). The molecule has 20 heavy (non-hydrogen) atoms. The standard InChI is InChI=1S/C11H11N3O4S2/c1-18-10(17)5-2-3-19-9(5)13-7(15)4-6-8(16)14-11(12)20-6/h2-3,6H,4H2,1H3,(H,13,15)(H2,12,14,16)/t6-/m1/s1. The maximum absolute atomic E-state index is 11.9. The van der Waals surface area contributed by atoms with Gasteiger partial charge >= 0.3 is 5.97 Å². The van der Waals surface area contributed by atoms with Crippen molar-refractivity contribution < 1.29 is 19.1 Å². The number of carbonyl (C=O) groups is 3. The quantitative estimate of drug-likeness (QED) is 0.796. The molecule has 9 heteroatoms. The number of methoxy groups -OCH3 is 1. The van der Waals surface area contributed by atoms with E-state index in [9.17, 15) is 14.4 Å². The molecule has 7 nitrogen and oxygen atoms in total. The summed E-state index contributed by atoms with van der Waals surface area (Å²) in [6.45, 7) is 0. The Kier molecular flexibility index (Phi) is 4.40. The van der Waals surface area contributed by atoms with Gasteiger partial charge in [-0.05, 0) is 11.4 Å². The van der Waals surface area contributed by atoms with Crippen molar-refractivity contribution in [3.63, 3.8) is 0 Å². The maximum atomic E-state index is 11.9. The van der Waals surface area contributed by atoms with E-state index in [1.54, 1.807) is 11.4 Å². The fourth-order valence-electron chi connectivity index (χ4n) is 1.55. The largest absolute Gasteiger partial charge is 0.465 e. The molecule has 1 aliphatic rings. The lowest BCUT2D eigenvalue weighted by Gasteiger charge is -2.07. The van der Waals surface area contributed by atoms with Crippen molar-refractivity contribution in [2.24, 2.45) is 10.7 Å². The molecule has 1 aromatic heterocycles. The van der Waals surface area contributed by atoms with E-state index in [0.29, 0.717) is 5.00 Å². The number of thiophene rings is 1. The second kappa shape index (κ2) is 6.06. The molecular formula is C11H11N3O4S2. The summed E-state index contributed by atoms with van der Waals surface area (Å²) < 4.78 is 4.60. The van der Waals surface area contributed by atoms with Crippen LogP contribution in [-0.4, -0.2) is 35.3 Å². The first-order valence-corrected chi connectivity index (χ1v) is 7.27. The van der Waals surface area contributed by atoms with Crippen LogP contribution in [0.15, 0.2) is 16.4 Å². The van der Waals surface area contributed by atoms with Gasteiger partial charge in [-0.1, -0.05) is 11.8 Å². The number of ether oxygens (including phenoxy) is 1. The van der Waals surface area contributed by atoms with Gasteiger partial charge in [0.05, 0.1) is 12.7 Å². The Labute approximate surface area is 122 Å². The predicted octanol–water partition coefficient (Wildman–Crippen LogP) is 0.820. The molecule has 0 saturated heterocycles. The molecule has 1 aromatic rings. The lowest BCUT2D eigenvalue weighted by Crippen LogP contribution is -2.22. The van der Waals surface area contributed by atoms with Crippen LogP contribution >= 0.6 is 23.1 Å². The third-order valence-corrected chi connectivity index (χ3v) is 4.27. The van der Waals surface area contributed by atoms with Gasteiger partial charge in [-0.3, -0.25) is 9.59 Å². The molecule has 0 aromatic carbocycles. The molecule has 0 unspecified atom stereocenters. The van der Waals surface area contributed by atoms with Gasteiger partial charge in [0.15, 0.2) is 5.17 Å². The molecule has 0 spiro atoms. The van der Waals surface area contributed by atoms with Crippen molar-refractivity contribution in [1.29, 1.82) is 0 Å². The van der Waals surface area contributed by atoms with E-state index in [1.165, 1.54) is 18.4 Å². The van der Waals surface area contributed by atoms with Crippen LogP contribution in [0.2, 0.25) is 0 Å². The Morgan fingerprint density at radius 1 is 1.55 bits per heavy atom. The van der Waals surface area contributed by atoms with Crippen LogP contribution in [0.25, 0.3) is 0 Å². The van der Waals surface area contributed by atoms with Crippen molar-refractivity contribution in [3.05, 3.63) is 17.0 Å². The number of nitrogens with zero attached hydrogens (tertiary/aromatic N) is 1. The highest BCUT2D eigenvalue weighted by atomic mass is 32.2. The van der Waals surface area contributed by atoms with Crippen LogP contribution in [0.5, 0.6) is 0 Å². The molecule has 0 aliphatic carbocycles. The molecule has 3 N–H and O–H groups in total. The summed E-state index contributed by atoms with van der Waals surface area (Å²) in [5, 5.41) is 4.21. The van der Waals surface area contributed by atoms with Crippen LogP contribution < -0.4 is 11.1 Å². The number of nitrogens with two attached hydrogens (primary N) is 1. The average molecular weight is 313 g/mol.